The second-order valence-electron chi connectivity index (χ2n) is 11.7. The van der Waals surface area contributed by atoms with E-state index in [1.807, 2.05) is 12.2 Å². The Hall–Kier alpha value is -1.84. The molecule has 0 fully saturated rings. The van der Waals surface area contributed by atoms with Crippen LogP contribution in [-0.4, -0.2) is 23.1 Å². The minimum absolute atomic E-state index is 0.119. The highest BCUT2D eigenvalue weighted by Crippen LogP contribution is 2.15. The molecule has 0 aliphatic carbocycles. The Kier molecular flexibility index (Phi) is 31.2. The van der Waals surface area contributed by atoms with E-state index in [-0.39, 0.29) is 18.5 Å². The molecule has 0 bridgehead atoms. The third-order valence-corrected chi connectivity index (χ3v) is 7.59. The van der Waals surface area contributed by atoms with Crippen LogP contribution in [0.4, 0.5) is 0 Å². The number of hydrogen-bond acceptors (Lipinski definition) is 3. The molecule has 1 unspecified atom stereocenters. The highest BCUT2D eigenvalue weighted by Gasteiger charge is 2.08. The Morgan fingerprint density at radius 3 is 1.54 bits per heavy atom. The van der Waals surface area contributed by atoms with Gasteiger partial charge in [-0.1, -0.05) is 154 Å². The van der Waals surface area contributed by atoms with Gasteiger partial charge in [0.1, 0.15) is 6.10 Å². The smallest absolute Gasteiger partial charge is 0.306 e. The van der Waals surface area contributed by atoms with E-state index < -0.39 is 5.97 Å². The van der Waals surface area contributed by atoms with E-state index in [4.69, 9.17) is 9.84 Å². The molecule has 0 rings (SSSR count). The molecule has 0 spiro atoms. The number of carbonyl (C=O) groups is 2. The van der Waals surface area contributed by atoms with E-state index >= 15 is 0 Å². The third kappa shape index (κ3) is 32.5. The molecular formula is C37H66O4. The number of carboxylic acid groups (broad SMARTS) is 1. The summed E-state index contributed by atoms with van der Waals surface area (Å²) in [5.74, 6) is -0.851. The Balaban J connectivity index is 3.85. The summed E-state index contributed by atoms with van der Waals surface area (Å²) in [5, 5.41) is 8.73. The van der Waals surface area contributed by atoms with Gasteiger partial charge in [0.05, 0.1) is 0 Å². The zero-order valence-corrected chi connectivity index (χ0v) is 27.1. The quantitative estimate of drug-likeness (QED) is 0.0508. The van der Waals surface area contributed by atoms with Crippen LogP contribution in [0.25, 0.3) is 0 Å². The molecule has 0 aromatic heterocycles. The Bertz CT molecular complexity index is 664. The van der Waals surface area contributed by atoms with Gasteiger partial charge >= 0.3 is 11.9 Å². The highest BCUT2D eigenvalue weighted by molar-refractivity contribution is 5.69. The van der Waals surface area contributed by atoms with Gasteiger partial charge < -0.3 is 9.84 Å². The number of unbranched alkanes of at least 4 members (excludes halogenated alkanes) is 20. The van der Waals surface area contributed by atoms with Gasteiger partial charge in [-0.15, -0.1) is 0 Å². The monoisotopic (exact) mass is 574 g/mol. The average Bonchev–Trinajstić information content (AvgIpc) is 2.95. The molecule has 41 heavy (non-hydrogen) atoms. The van der Waals surface area contributed by atoms with E-state index in [0.717, 1.165) is 44.9 Å². The van der Waals surface area contributed by atoms with Crippen molar-refractivity contribution in [3.63, 3.8) is 0 Å². The van der Waals surface area contributed by atoms with Crippen molar-refractivity contribution in [1.29, 1.82) is 0 Å². The molecule has 0 saturated heterocycles. The van der Waals surface area contributed by atoms with Crippen LogP contribution in [0, 0.1) is 0 Å². The molecule has 0 radical (unpaired) electrons. The number of carboxylic acids is 1. The first-order chi connectivity index (χ1) is 20.1. The Morgan fingerprint density at radius 2 is 1.02 bits per heavy atom. The maximum absolute atomic E-state index is 12.4. The van der Waals surface area contributed by atoms with E-state index in [1.54, 1.807) is 0 Å². The second-order valence-corrected chi connectivity index (χ2v) is 11.7. The van der Waals surface area contributed by atoms with Crippen LogP contribution in [0.5, 0.6) is 0 Å². The largest absolute Gasteiger partial charge is 0.481 e. The highest BCUT2D eigenvalue weighted by atomic mass is 16.5. The van der Waals surface area contributed by atoms with Crippen molar-refractivity contribution in [3.05, 3.63) is 36.5 Å². The summed E-state index contributed by atoms with van der Waals surface area (Å²) in [5.41, 5.74) is 0. The molecule has 1 atom stereocenters. The topological polar surface area (TPSA) is 63.6 Å². The standard InChI is InChI=1S/C37H66O4/c1-3-5-7-9-10-11-12-13-14-15-16-17-18-19-20-21-26-30-34-37(40)41-35(31-27-23-8-6-4-2)32-28-24-22-25-29-33-36(38)39/h6,8,27-28,31-32,35H,3-5,7,9-26,29-30,33-34H2,1-2H3,(H,38,39)/b8-6-,31-27-,32-28-. The normalized spacial score (nSPS) is 12.6. The van der Waals surface area contributed by atoms with Crippen LogP contribution >= 0.6 is 0 Å². The van der Waals surface area contributed by atoms with Crippen molar-refractivity contribution in [2.24, 2.45) is 0 Å². The lowest BCUT2D eigenvalue weighted by molar-refractivity contribution is -0.145. The summed E-state index contributed by atoms with van der Waals surface area (Å²) in [4.78, 5) is 23.1. The van der Waals surface area contributed by atoms with Crippen molar-refractivity contribution in [3.8, 4) is 0 Å². The summed E-state index contributed by atoms with van der Waals surface area (Å²) < 4.78 is 5.74. The maximum atomic E-state index is 12.4. The van der Waals surface area contributed by atoms with Crippen molar-refractivity contribution in [2.45, 2.75) is 187 Å². The number of esters is 1. The van der Waals surface area contributed by atoms with E-state index in [9.17, 15) is 9.59 Å². The van der Waals surface area contributed by atoms with E-state index in [1.165, 1.54) is 103 Å². The molecule has 238 valence electrons. The minimum Gasteiger partial charge on any atom is -0.481 e. The maximum Gasteiger partial charge on any atom is 0.306 e. The number of ether oxygens (including phenoxy) is 1. The molecule has 0 amide bonds. The van der Waals surface area contributed by atoms with Crippen molar-refractivity contribution in [1.82, 2.24) is 0 Å². The zero-order chi connectivity index (χ0) is 30.1. The number of allylic oxidation sites excluding steroid dienone is 4. The number of hydrogen-bond donors (Lipinski definition) is 1. The summed E-state index contributed by atoms with van der Waals surface area (Å²) in [6.45, 7) is 4.40. The second kappa shape index (κ2) is 32.7. The summed E-state index contributed by atoms with van der Waals surface area (Å²) in [6, 6.07) is 0. The lowest BCUT2D eigenvalue weighted by atomic mass is 10.0. The predicted molar refractivity (Wildman–Crippen MR) is 176 cm³/mol. The van der Waals surface area contributed by atoms with Crippen LogP contribution in [0.1, 0.15) is 181 Å². The first-order valence-electron chi connectivity index (χ1n) is 17.5. The predicted octanol–water partition coefficient (Wildman–Crippen LogP) is 11.8. The molecule has 4 heteroatoms. The molecule has 0 heterocycles. The van der Waals surface area contributed by atoms with Gasteiger partial charge in [0.25, 0.3) is 0 Å². The van der Waals surface area contributed by atoms with Crippen LogP contribution in [0.3, 0.4) is 0 Å². The average molecular weight is 575 g/mol. The van der Waals surface area contributed by atoms with Gasteiger partial charge in [-0.05, 0) is 50.7 Å². The number of rotatable bonds is 31. The molecule has 0 aliphatic heterocycles. The van der Waals surface area contributed by atoms with Gasteiger partial charge in [-0.3, -0.25) is 9.59 Å². The van der Waals surface area contributed by atoms with Gasteiger partial charge in [0.15, 0.2) is 0 Å². The summed E-state index contributed by atoms with van der Waals surface area (Å²) >= 11 is 0. The molecule has 0 aliphatic rings. The Labute approximate surface area is 254 Å². The molecule has 1 N–H and O–H groups in total. The van der Waals surface area contributed by atoms with Crippen molar-refractivity contribution in [2.75, 3.05) is 0 Å². The van der Waals surface area contributed by atoms with Crippen LogP contribution in [0.15, 0.2) is 36.5 Å². The van der Waals surface area contributed by atoms with Crippen LogP contribution < -0.4 is 0 Å². The molecule has 4 nitrogen and oxygen atoms in total. The minimum atomic E-state index is -0.732. The fourth-order valence-corrected chi connectivity index (χ4v) is 5.02. The fourth-order valence-electron chi connectivity index (χ4n) is 5.02. The Morgan fingerprint density at radius 1 is 0.561 bits per heavy atom. The molecule has 0 saturated carbocycles. The number of carbonyl (C=O) groups excluding carboxylic acids is 1. The van der Waals surface area contributed by atoms with Gasteiger partial charge in [0.2, 0.25) is 0 Å². The molecule has 0 aromatic carbocycles. The summed E-state index contributed by atoms with van der Waals surface area (Å²) in [6.07, 6.45) is 42.1. The van der Waals surface area contributed by atoms with Gasteiger partial charge in [-0.25, -0.2) is 0 Å². The fraction of sp³-hybridized carbons (Fsp3) is 0.784. The van der Waals surface area contributed by atoms with Crippen molar-refractivity contribution < 1.29 is 19.4 Å². The van der Waals surface area contributed by atoms with Gasteiger partial charge in [-0.2, -0.15) is 0 Å². The van der Waals surface area contributed by atoms with Crippen LogP contribution in [-0.2, 0) is 14.3 Å². The number of aliphatic carboxylic acids is 1. The van der Waals surface area contributed by atoms with Crippen LogP contribution in [0.2, 0.25) is 0 Å². The van der Waals surface area contributed by atoms with E-state index in [0.29, 0.717) is 12.8 Å². The van der Waals surface area contributed by atoms with Crippen molar-refractivity contribution >= 4 is 11.9 Å². The molecular weight excluding hydrogens is 508 g/mol. The zero-order valence-electron chi connectivity index (χ0n) is 27.1. The summed E-state index contributed by atoms with van der Waals surface area (Å²) in [7, 11) is 0. The third-order valence-electron chi connectivity index (χ3n) is 7.59. The first-order valence-corrected chi connectivity index (χ1v) is 17.5. The molecule has 0 aromatic rings. The lowest BCUT2D eigenvalue weighted by Crippen LogP contribution is -2.13. The first kappa shape index (κ1) is 39.2. The lowest BCUT2D eigenvalue weighted by Gasteiger charge is -2.11. The van der Waals surface area contributed by atoms with Gasteiger partial charge in [0, 0.05) is 12.8 Å². The SMILES string of the molecule is CC/C=C\C/C=C\C(/C=C\CCCCCC(=O)O)OC(=O)CCCCCCCCCCCCCCCCCCCC. The van der Waals surface area contributed by atoms with E-state index in [2.05, 4.69) is 38.2 Å².